The van der Waals surface area contributed by atoms with Crippen LogP contribution in [0.15, 0.2) is 60.0 Å². The summed E-state index contributed by atoms with van der Waals surface area (Å²) in [5, 5.41) is 8.48. The minimum Gasteiger partial charge on any atom is -0.378 e. The first kappa shape index (κ1) is 16.0. The second-order valence-electron chi connectivity index (χ2n) is 5.42. The van der Waals surface area contributed by atoms with Gasteiger partial charge in [-0.25, -0.2) is 4.98 Å². The minimum atomic E-state index is -0.218. The maximum absolute atomic E-state index is 12.3. The molecule has 1 aromatic heterocycles. The second kappa shape index (κ2) is 7.14. The third kappa shape index (κ3) is 3.91. The number of anilines is 4. The lowest BCUT2D eigenvalue weighted by Gasteiger charge is -2.12. The van der Waals surface area contributed by atoms with E-state index in [1.807, 2.05) is 73.6 Å². The van der Waals surface area contributed by atoms with Crippen molar-refractivity contribution in [1.82, 2.24) is 4.98 Å². The van der Waals surface area contributed by atoms with E-state index < -0.39 is 0 Å². The van der Waals surface area contributed by atoms with Crippen molar-refractivity contribution in [2.24, 2.45) is 0 Å². The fourth-order valence-electron chi connectivity index (χ4n) is 2.12. The molecular formula is C18H18N4OS. The highest BCUT2D eigenvalue weighted by atomic mass is 32.1. The molecule has 2 aromatic carbocycles. The number of hydrogen-bond donors (Lipinski definition) is 2. The van der Waals surface area contributed by atoms with Crippen LogP contribution in [0.3, 0.4) is 0 Å². The largest absolute Gasteiger partial charge is 0.378 e. The van der Waals surface area contributed by atoms with E-state index >= 15 is 0 Å². The van der Waals surface area contributed by atoms with E-state index in [1.54, 1.807) is 5.38 Å². The number of thiazole rings is 1. The Morgan fingerprint density at radius 3 is 2.38 bits per heavy atom. The molecule has 0 atom stereocenters. The number of amides is 1. The van der Waals surface area contributed by atoms with E-state index in [-0.39, 0.29) is 5.91 Å². The van der Waals surface area contributed by atoms with Gasteiger partial charge in [0.05, 0.1) is 0 Å². The number of nitrogens with zero attached hydrogens (tertiary/aromatic N) is 2. The van der Waals surface area contributed by atoms with Gasteiger partial charge < -0.3 is 15.5 Å². The van der Waals surface area contributed by atoms with Gasteiger partial charge in [-0.15, -0.1) is 11.3 Å². The van der Waals surface area contributed by atoms with Gasteiger partial charge in [0.2, 0.25) is 0 Å². The van der Waals surface area contributed by atoms with Crippen molar-refractivity contribution in [3.63, 3.8) is 0 Å². The number of rotatable bonds is 5. The van der Waals surface area contributed by atoms with Gasteiger partial charge in [0.1, 0.15) is 5.69 Å². The summed E-state index contributed by atoms with van der Waals surface area (Å²) in [7, 11) is 3.95. The van der Waals surface area contributed by atoms with Crippen molar-refractivity contribution < 1.29 is 4.79 Å². The summed E-state index contributed by atoms with van der Waals surface area (Å²) in [6.45, 7) is 0. The van der Waals surface area contributed by atoms with Crippen LogP contribution in [0.25, 0.3) is 0 Å². The standard InChI is InChI=1S/C18H18N4OS/c1-22(2)15-10-8-14(9-11-15)19-17(23)16-12-24-18(21-16)20-13-6-4-3-5-7-13/h3-12H,1-2H3,(H,19,23)(H,20,21). The van der Waals surface area contributed by atoms with Crippen LogP contribution in [-0.4, -0.2) is 25.0 Å². The fraction of sp³-hybridized carbons (Fsp3) is 0.111. The predicted octanol–water partition coefficient (Wildman–Crippen LogP) is 4.21. The maximum Gasteiger partial charge on any atom is 0.275 e. The summed E-state index contributed by atoms with van der Waals surface area (Å²) >= 11 is 1.40. The molecule has 0 saturated heterocycles. The molecule has 5 nitrogen and oxygen atoms in total. The lowest BCUT2D eigenvalue weighted by molar-refractivity contribution is 0.102. The number of carbonyl (C=O) groups is 1. The third-order valence-electron chi connectivity index (χ3n) is 3.40. The number of benzene rings is 2. The molecule has 1 heterocycles. The first-order valence-corrected chi connectivity index (χ1v) is 8.36. The van der Waals surface area contributed by atoms with Gasteiger partial charge in [-0.1, -0.05) is 18.2 Å². The molecule has 122 valence electrons. The van der Waals surface area contributed by atoms with Gasteiger partial charge in [0, 0.05) is 36.5 Å². The van der Waals surface area contributed by atoms with Crippen LogP contribution in [0.2, 0.25) is 0 Å². The molecule has 24 heavy (non-hydrogen) atoms. The molecule has 2 N–H and O–H groups in total. The van der Waals surface area contributed by atoms with Gasteiger partial charge >= 0.3 is 0 Å². The summed E-state index contributed by atoms with van der Waals surface area (Å²) in [5.41, 5.74) is 3.17. The fourth-order valence-corrected chi connectivity index (χ4v) is 2.83. The molecule has 1 amide bonds. The molecule has 0 aliphatic heterocycles. The Labute approximate surface area is 145 Å². The van der Waals surface area contributed by atoms with Crippen molar-refractivity contribution in [1.29, 1.82) is 0 Å². The summed E-state index contributed by atoms with van der Waals surface area (Å²) in [4.78, 5) is 18.6. The number of aromatic nitrogens is 1. The van der Waals surface area contributed by atoms with Crippen molar-refractivity contribution in [2.75, 3.05) is 29.6 Å². The molecular weight excluding hydrogens is 320 g/mol. The average Bonchev–Trinajstić information content (AvgIpc) is 3.05. The highest BCUT2D eigenvalue weighted by molar-refractivity contribution is 7.14. The zero-order chi connectivity index (χ0) is 16.9. The van der Waals surface area contributed by atoms with Crippen molar-refractivity contribution in [3.8, 4) is 0 Å². The Hall–Kier alpha value is -2.86. The quantitative estimate of drug-likeness (QED) is 0.732. The van der Waals surface area contributed by atoms with E-state index in [0.717, 1.165) is 17.1 Å². The molecule has 0 fully saturated rings. The van der Waals surface area contributed by atoms with E-state index in [1.165, 1.54) is 11.3 Å². The van der Waals surface area contributed by atoms with Gasteiger partial charge in [-0.3, -0.25) is 4.79 Å². The number of nitrogens with one attached hydrogen (secondary N) is 2. The Morgan fingerprint density at radius 1 is 1.00 bits per heavy atom. The molecule has 0 bridgehead atoms. The van der Waals surface area contributed by atoms with Crippen LogP contribution in [0, 0.1) is 0 Å². The lowest BCUT2D eigenvalue weighted by Crippen LogP contribution is -2.13. The predicted molar refractivity (Wildman–Crippen MR) is 101 cm³/mol. The lowest BCUT2D eigenvalue weighted by atomic mass is 10.2. The van der Waals surface area contributed by atoms with E-state index in [0.29, 0.717) is 10.8 Å². The second-order valence-corrected chi connectivity index (χ2v) is 6.28. The van der Waals surface area contributed by atoms with Crippen LogP contribution in [-0.2, 0) is 0 Å². The van der Waals surface area contributed by atoms with Gasteiger partial charge in [-0.2, -0.15) is 0 Å². The summed E-state index contributed by atoms with van der Waals surface area (Å²) in [6, 6.07) is 17.4. The van der Waals surface area contributed by atoms with Crippen molar-refractivity contribution in [3.05, 3.63) is 65.7 Å². The highest BCUT2D eigenvalue weighted by Crippen LogP contribution is 2.22. The minimum absolute atomic E-state index is 0.218. The van der Waals surface area contributed by atoms with Crippen molar-refractivity contribution >= 4 is 39.4 Å². The third-order valence-corrected chi connectivity index (χ3v) is 4.16. The highest BCUT2D eigenvalue weighted by Gasteiger charge is 2.11. The number of para-hydroxylation sites is 1. The maximum atomic E-state index is 12.3. The first-order valence-electron chi connectivity index (χ1n) is 7.48. The molecule has 0 aliphatic carbocycles. The van der Waals surface area contributed by atoms with Crippen LogP contribution >= 0.6 is 11.3 Å². The molecule has 0 saturated carbocycles. The van der Waals surface area contributed by atoms with Gasteiger partial charge in [0.25, 0.3) is 5.91 Å². The summed E-state index contributed by atoms with van der Waals surface area (Å²) in [5.74, 6) is -0.218. The Kier molecular flexibility index (Phi) is 4.77. The Balaban J connectivity index is 1.65. The monoisotopic (exact) mass is 338 g/mol. The van der Waals surface area contributed by atoms with Crippen LogP contribution < -0.4 is 15.5 Å². The van der Waals surface area contributed by atoms with Gasteiger partial charge in [-0.05, 0) is 36.4 Å². The molecule has 3 rings (SSSR count). The van der Waals surface area contributed by atoms with Crippen LogP contribution in [0.1, 0.15) is 10.5 Å². The van der Waals surface area contributed by atoms with E-state index in [2.05, 4.69) is 15.6 Å². The zero-order valence-corrected chi connectivity index (χ0v) is 14.3. The van der Waals surface area contributed by atoms with E-state index in [4.69, 9.17) is 0 Å². The summed E-state index contributed by atoms with van der Waals surface area (Å²) < 4.78 is 0. The van der Waals surface area contributed by atoms with E-state index in [9.17, 15) is 4.79 Å². The topological polar surface area (TPSA) is 57.3 Å². The Bertz CT molecular complexity index is 813. The molecule has 0 unspecified atom stereocenters. The normalized spacial score (nSPS) is 10.2. The smallest absolute Gasteiger partial charge is 0.275 e. The molecule has 0 aliphatic rings. The average molecular weight is 338 g/mol. The molecule has 0 radical (unpaired) electrons. The Morgan fingerprint density at radius 2 is 1.71 bits per heavy atom. The number of carbonyl (C=O) groups excluding carboxylic acids is 1. The summed E-state index contributed by atoms with van der Waals surface area (Å²) in [6.07, 6.45) is 0. The van der Waals surface area contributed by atoms with Crippen LogP contribution in [0.4, 0.5) is 22.2 Å². The molecule has 3 aromatic rings. The zero-order valence-electron chi connectivity index (χ0n) is 13.5. The number of hydrogen-bond acceptors (Lipinski definition) is 5. The SMILES string of the molecule is CN(C)c1ccc(NC(=O)c2csc(Nc3ccccc3)n2)cc1. The first-order chi connectivity index (χ1) is 11.6. The molecule has 6 heteroatoms. The van der Waals surface area contributed by atoms with Crippen LogP contribution in [0.5, 0.6) is 0 Å². The molecule has 0 spiro atoms. The van der Waals surface area contributed by atoms with Crippen molar-refractivity contribution in [2.45, 2.75) is 0 Å². The van der Waals surface area contributed by atoms with Gasteiger partial charge in [0.15, 0.2) is 5.13 Å².